The molecule has 138 valence electrons. The van der Waals surface area contributed by atoms with Crippen molar-refractivity contribution in [2.75, 3.05) is 13.1 Å². The number of benzene rings is 1. The molecule has 0 bridgehead atoms. The summed E-state index contributed by atoms with van der Waals surface area (Å²) < 4.78 is 11.6. The Hall–Kier alpha value is -2.60. The van der Waals surface area contributed by atoms with E-state index in [-0.39, 0.29) is 6.10 Å². The van der Waals surface area contributed by atoms with Crippen LogP contribution in [0.2, 0.25) is 0 Å². The second-order valence-corrected chi connectivity index (χ2v) is 6.49. The number of aromatic nitrogens is 1. The van der Waals surface area contributed by atoms with Crippen molar-refractivity contribution in [3.8, 4) is 11.5 Å². The first-order chi connectivity index (χ1) is 12.6. The van der Waals surface area contributed by atoms with E-state index in [9.17, 15) is 4.79 Å². The van der Waals surface area contributed by atoms with Crippen molar-refractivity contribution >= 4 is 5.97 Å². The maximum Gasteiger partial charge on any atom is 0.344 e. The fraction of sp³-hybridized carbons (Fsp3) is 0.400. The Bertz CT molecular complexity index is 715. The zero-order valence-corrected chi connectivity index (χ0v) is 14.9. The molecule has 1 atom stereocenters. The van der Waals surface area contributed by atoms with Gasteiger partial charge >= 0.3 is 5.97 Å². The third-order valence-electron chi connectivity index (χ3n) is 4.49. The number of nitrogens with zero attached hydrogens (tertiary/aromatic N) is 2. The number of carbonyl (C=O) groups is 1. The lowest BCUT2D eigenvalue weighted by Crippen LogP contribution is -2.38. The van der Waals surface area contributed by atoms with Gasteiger partial charge in [-0.2, -0.15) is 0 Å². The normalized spacial score (nSPS) is 16.8. The highest BCUT2D eigenvalue weighted by atomic mass is 16.5. The Morgan fingerprint density at radius 1 is 1.27 bits per heavy atom. The lowest BCUT2D eigenvalue weighted by molar-refractivity contribution is -0.144. The fourth-order valence-corrected chi connectivity index (χ4v) is 3.03. The summed E-state index contributed by atoms with van der Waals surface area (Å²) in [6.45, 7) is 4.13. The SMILES string of the molecule is CC(Oc1ccccc1CN1CCC(Oc2cccnc2)CC1)C(=O)O. The van der Waals surface area contributed by atoms with Gasteiger partial charge in [-0.1, -0.05) is 18.2 Å². The van der Waals surface area contributed by atoms with Crippen LogP contribution in [-0.4, -0.2) is 46.3 Å². The molecule has 1 fully saturated rings. The van der Waals surface area contributed by atoms with Crippen molar-refractivity contribution in [2.45, 2.75) is 38.5 Å². The van der Waals surface area contributed by atoms with Gasteiger partial charge in [-0.05, 0) is 38.0 Å². The molecule has 1 unspecified atom stereocenters. The molecule has 1 aromatic carbocycles. The van der Waals surface area contributed by atoms with Crippen molar-refractivity contribution in [1.82, 2.24) is 9.88 Å². The molecule has 1 aliphatic rings. The monoisotopic (exact) mass is 356 g/mol. The number of ether oxygens (including phenoxy) is 2. The van der Waals surface area contributed by atoms with Crippen LogP contribution in [-0.2, 0) is 11.3 Å². The summed E-state index contributed by atoms with van der Waals surface area (Å²) >= 11 is 0. The summed E-state index contributed by atoms with van der Waals surface area (Å²) in [6, 6.07) is 11.4. The number of carboxylic acids is 1. The van der Waals surface area contributed by atoms with Gasteiger partial charge in [0.2, 0.25) is 0 Å². The van der Waals surface area contributed by atoms with Crippen LogP contribution >= 0.6 is 0 Å². The number of piperidine rings is 1. The largest absolute Gasteiger partial charge is 0.489 e. The first kappa shape index (κ1) is 18.2. The highest BCUT2D eigenvalue weighted by molar-refractivity contribution is 5.72. The minimum Gasteiger partial charge on any atom is -0.489 e. The number of likely N-dealkylation sites (tertiary alicyclic amines) is 1. The number of para-hydroxylation sites is 1. The summed E-state index contributed by atoms with van der Waals surface area (Å²) in [5.74, 6) is 0.483. The summed E-state index contributed by atoms with van der Waals surface area (Å²) in [4.78, 5) is 17.5. The van der Waals surface area contributed by atoms with Gasteiger partial charge in [0.05, 0.1) is 6.20 Å². The summed E-state index contributed by atoms with van der Waals surface area (Å²) in [7, 11) is 0. The summed E-state index contributed by atoms with van der Waals surface area (Å²) in [6.07, 6.45) is 4.71. The molecule has 3 rings (SSSR count). The van der Waals surface area contributed by atoms with Crippen LogP contribution in [0.4, 0.5) is 0 Å². The van der Waals surface area contributed by atoms with E-state index in [0.29, 0.717) is 5.75 Å². The van der Waals surface area contributed by atoms with Gasteiger partial charge in [0.15, 0.2) is 6.10 Å². The third-order valence-corrected chi connectivity index (χ3v) is 4.49. The van der Waals surface area contributed by atoms with Crippen LogP contribution in [0.3, 0.4) is 0 Å². The van der Waals surface area contributed by atoms with E-state index in [4.69, 9.17) is 14.6 Å². The van der Waals surface area contributed by atoms with Gasteiger partial charge < -0.3 is 14.6 Å². The predicted octanol–water partition coefficient (Wildman–Crippen LogP) is 2.98. The summed E-state index contributed by atoms with van der Waals surface area (Å²) in [5, 5.41) is 9.05. The molecule has 0 spiro atoms. The third kappa shape index (κ3) is 4.95. The Morgan fingerprint density at radius 2 is 2.04 bits per heavy atom. The van der Waals surface area contributed by atoms with Crippen LogP contribution in [0.1, 0.15) is 25.3 Å². The van der Waals surface area contributed by atoms with E-state index < -0.39 is 12.1 Å². The average molecular weight is 356 g/mol. The van der Waals surface area contributed by atoms with Crippen molar-refractivity contribution in [3.05, 3.63) is 54.4 Å². The number of carboxylic acid groups (broad SMARTS) is 1. The van der Waals surface area contributed by atoms with Gasteiger partial charge in [-0.3, -0.25) is 9.88 Å². The molecule has 0 aliphatic carbocycles. The molecule has 2 heterocycles. The van der Waals surface area contributed by atoms with E-state index in [0.717, 1.165) is 43.8 Å². The number of hydrogen-bond donors (Lipinski definition) is 1. The smallest absolute Gasteiger partial charge is 0.344 e. The second-order valence-electron chi connectivity index (χ2n) is 6.49. The molecule has 0 radical (unpaired) electrons. The van der Waals surface area contributed by atoms with E-state index in [1.54, 1.807) is 19.3 Å². The molecule has 1 saturated heterocycles. The number of hydrogen-bond acceptors (Lipinski definition) is 5. The van der Waals surface area contributed by atoms with Crippen LogP contribution < -0.4 is 9.47 Å². The number of aliphatic carboxylic acids is 1. The van der Waals surface area contributed by atoms with Crippen LogP contribution in [0.15, 0.2) is 48.8 Å². The lowest BCUT2D eigenvalue weighted by atomic mass is 10.1. The maximum atomic E-state index is 11.0. The first-order valence-corrected chi connectivity index (χ1v) is 8.88. The molecule has 0 amide bonds. The Labute approximate surface area is 153 Å². The highest BCUT2D eigenvalue weighted by Gasteiger charge is 2.22. The molecule has 26 heavy (non-hydrogen) atoms. The Balaban J connectivity index is 1.54. The number of pyridine rings is 1. The quantitative estimate of drug-likeness (QED) is 0.822. The standard InChI is InChI=1S/C20H24N2O4/c1-15(20(23)24)25-19-7-3-2-5-16(19)14-22-11-8-17(9-12-22)26-18-6-4-10-21-13-18/h2-7,10,13,15,17H,8-9,11-12,14H2,1H3,(H,23,24). The average Bonchev–Trinajstić information content (AvgIpc) is 2.65. The van der Waals surface area contributed by atoms with Gasteiger partial charge in [-0.25, -0.2) is 4.79 Å². The van der Waals surface area contributed by atoms with Crippen molar-refractivity contribution in [3.63, 3.8) is 0 Å². The van der Waals surface area contributed by atoms with Crippen LogP contribution in [0.25, 0.3) is 0 Å². The molecule has 1 aliphatic heterocycles. The highest BCUT2D eigenvalue weighted by Crippen LogP contribution is 2.24. The van der Waals surface area contributed by atoms with Gasteiger partial charge in [0, 0.05) is 31.4 Å². The van der Waals surface area contributed by atoms with E-state index in [1.165, 1.54) is 0 Å². The molecule has 6 heteroatoms. The minimum absolute atomic E-state index is 0.203. The molecular weight excluding hydrogens is 332 g/mol. The fourth-order valence-electron chi connectivity index (χ4n) is 3.03. The van der Waals surface area contributed by atoms with Crippen molar-refractivity contribution in [1.29, 1.82) is 0 Å². The minimum atomic E-state index is -0.965. The van der Waals surface area contributed by atoms with E-state index >= 15 is 0 Å². The molecule has 2 aromatic rings. The van der Waals surface area contributed by atoms with Gasteiger partial charge in [0.25, 0.3) is 0 Å². The zero-order valence-electron chi connectivity index (χ0n) is 14.9. The first-order valence-electron chi connectivity index (χ1n) is 8.88. The second kappa shape index (κ2) is 8.67. The van der Waals surface area contributed by atoms with Crippen molar-refractivity contribution in [2.24, 2.45) is 0 Å². The number of rotatable bonds is 7. The van der Waals surface area contributed by atoms with E-state index in [1.807, 2.05) is 36.4 Å². The van der Waals surface area contributed by atoms with Crippen LogP contribution in [0.5, 0.6) is 11.5 Å². The van der Waals surface area contributed by atoms with Gasteiger partial charge in [-0.15, -0.1) is 0 Å². The maximum absolute atomic E-state index is 11.0. The summed E-state index contributed by atoms with van der Waals surface area (Å²) in [5.41, 5.74) is 1.01. The molecule has 0 saturated carbocycles. The van der Waals surface area contributed by atoms with Crippen LogP contribution in [0, 0.1) is 0 Å². The molecule has 1 aromatic heterocycles. The van der Waals surface area contributed by atoms with Crippen molar-refractivity contribution < 1.29 is 19.4 Å². The predicted molar refractivity (Wildman–Crippen MR) is 97.3 cm³/mol. The van der Waals surface area contributed by atoms with E-state index in [2.05, 4.69) is 9.88 Å². The topological polar surface area (TPSA) is 71.9 Å². The Kier molecular flexibility index (Phi) is 6.07. The molecule has 6 nitrogen and oxygen atoms in total. The lowest BCUT2D eigenvalue weighted by Gasteiger charge is -2.32. The Morgan fingerprint density at radius 3 is 2.73 bits per heavy atom. The zero-order chi connectivity index (χ0) is 18.4. The molecular formula is C20H24N2O4. The molecule has 1 N–H and O–H groups in total. The van der Waals surface area contributed by atoms with Gasteiger partial charge in [0.1, 0.15) is 17.6 Å².